The van der Waals surface area contributed by atoms with Crippen molar-refractivity contribution in [2.75, 3.05) is 13.7 Å². The van der Waals surface area contributed by atoms with E-state index in [1.165, 1.54) is 7.11 Å². The van der Waals surface area contributed by atoms with Crippen molar-refractivity contribution in [2.45, 2.75) is 24.8 Å². The van der Waals surface area contributed by atoms with Crippen molar-refractivity contribution in [3.63, 3.8) is 0 Å². The van der Waals surface area contributed by atoms with Crippen LogP contribution in [0.3, 0.4) is 0 Å². The first kappa shape index (κ1) is 24.3. The van der Waals surface area contributed by atoms with Crippen molar-refractivity contribution >= 4 is 40.5 Å². The first-order valence-corrected chi connectivity index (χ1v) is 11.4. The van der Waals surface area contributed by atoms with Crippen LogP contribution in [-0.4, -0.2) is 36.7 Å². The van der Waals surface area contributed by atoms with Gasteiger partial charge < -0.3 is 20.1 Å². The first-order valence-electron chi connectivity index (χ1n) is 10.6. The van der Waals surface area contributed by atoms with Gasteiger partial charge >= 0.3 is 0 Å². The molecule has 0 heterocycles. The van der Waals surface area contributed by atoms with Gasteiger partial charge in [-0.1, -0.05) is 72.8 Å². The molecule has 0 aromatic heterocycles. The summed E-state index contributed by atoms with van der Waals surface area (Å²) in [6.07, 6.45) is 0.867. The van der Waals surface area contributed by atoms with Crippen molar-refractivity contribution in [1.29, 1.82) is 0 Å². The lowest BCUT2D eigenvalue weighted by Crippen LogP contribution is -2.47. The van der Waals surface area contributed by atoms with E-state index in [-0.39, 0.29) is 18.9 Å². The quantitative estimate of drug-likeness (QED) is 0.299. The fourth-order valence-corrected chi connectivity index (χ4v) is 3.86. The zero-order chi connectivity index (χ0) is 23.5. The van der Waals surface area contributed by atoms with Gasteiger partial charge in [0.2, 0.25) is 11.8 Å². The number of aryl methyl sites for hydroxylation is 1. The second-order valence-electron chi connectivity index (χ2n) is 7.33. The summed E-state index contributed by atoms with van der Waals surface area (Å²) in [4.78, 5) is 37.0. The predicted octanol–water partition coefficient (Wildman–Crippen LogP) is 2.94. The summed E-state index contributed by atoms with van der Waals surface area (Å²) < 4.78 is 5.02. The minimum absolute atomic E-state index is 0.217. The van der Waals surface area contributed by atoms with Gasteiger partial charge in [0.15, 0.2) is 5.37 Å². The maximum absolute atomic E-state index is 12.7. The topological polar surface area (TPSA) is 96.5 Å². The molecule has 0 spiro atoms. The molecule has 7 nitrogen and oxygen atoms in total. The van der Waals surface area contributed by atoms with E-state index in [0.717, 1.165) is 33.9 Å². The third kappa shape index (κ3) is 7.62. The molecule has 3 aromatic carbocycles. The highest BCUT2D eigenvalue weighted by Crippen LogP contribution is 2.18. The summed E-state index contributed by atoms with van der Waals surface area (Å²) in [5, 5.41) is 9.21. The van der Waals surface area contributed by atoms with Crippen LogP contribution in [0, 0.1) is 0 Å². The number of rotatable bonds is 11. The van der Waals surface area contributed by atoms with E-state index in [2.05, 4.69) is 16.0 Å². The Bertz CT molecular complexity index is 1090. The average molecular weight is 466 g/mol. The van der Waals surface area contributed by atoms with Gasteiger partial charge in [0.1, 0.15) is 0 Å². The summed E-state index contributed by atoms with van der Waals surface area (Å²) in [5.41, 5.74) is 2.02. The molecule has 0 fully saturated rings. The molecule has 0 aliphatic rings. The largest absolute Gasteiger partial charge is 0.349 e. The molecule has 33 heavy (non-hydrogen) atoms. The number of fused-ring (bicyclic) bond motifs is 1. The first-order chi connectivity index (χ1) is 16.1. The second-order valence-corrected chi connectivity index (χ2v) is 8.33. The highest BCUT2D eigenvalue weighted by atomic mass is 32.2. The lowest BCUT2D eigenvalue weighted by Gasteiger charge is -2.17. The summed E-state index contributed by atoms with van der Waals surface area (Å²) in [6, 6.07) is 23.5. The Labute approximate surface area is 197 Å². The molecule has 0 saturated carbocycles. The lowest BCUT2D eigenvalue weighted by atomic mass is 10.0. The van der Waals surface area contributed by atoms with Crippen LogP contribution in [0.15, 0.2) is 72.8 Å². The number of nitrogens with one attached hydrogen (secondary N) is 3. The van der Waals surface area contributed by atoms with Crippen LogP contribution in [0.1, 0.15) is 17.5 Å². The molecule has 0 bridgehead atoms. The Balaban J connectivity index is 1.47. The van der Waals surface area contributed by atoms with Crippen LogP contribution in [-0.2, 0) is 31.5 Å². The van der Waals surface area contributed by atoms with Crippen LogP contribution in [0.5, 0.6) is 0 Å². The summed E-state index contributed by atoms with van der Waals surface area (Å²) >= 11 is 0.837. The zero-order valence-electron chi connectivity index (χ0n) is 18.4. The molecule has 3 N–H and O–H groups in total. The third-order valence-corrected chi connectivity index (χ3v) is 5.70. The summed E-state index contributed by atoms with van der Waals surface area (Å²) in [7, 11) is 1.42. The second kappa shape index (κ2) is 12.6. The molecule has 3 aromatic rings. The van der Waals surface area contributed by atoms with E-state index < -0.39 is 17.2 Å². The maximum atomic E-state index is 12.7. The Kier molecular flexibility index (Phi) is 9.29. The molecule has 0 aliphatic heterocycles. The van der Waals surface area contributed by atoms with E-state index in [1.807, 2.05) is 72.8 Å². The zero-order valence-corrected chi connectivity index (χ0v) is 19.2. The number of amides is 3. The van der Waals surface area contributed by atoms with E-state index in [1.54, 1.807) is 0 Å². The van der Waals surface area contributed by atoms with Gasteiger partial charge in [-0.2, -0.15) is 0 Å². The Hall–Kier alpha value is -3.36. The molecule has 0 saturated heterocycles. The minimum atomic E-state index is -0.946. The smallest absolute Gasteiger partial charge is 0.255 e. The number of carbonyl (C=O) groups is 3. The third-order valence-electron chi connectivity index (χ3n) is 4.99. The van der Waals surface area contributed by atoms with Crippen molar-refractivity contribution in [3.8, 4) is 0 Å². The fraction of sp³-hybridized carbons (Fsp3) is 0.240. The normalized spacial score (nSPS) is 11.5. The number of hydrogen-bond donors (Lipinski definition) is 3. The van der Waals surface area contributed by atoms with Gasteiger partial charge in [-0.05, 0) is 28.3 Å². The molecular formula is C25H27N3O4S. The van der Waals surface area contributed by atoms with Crippen LogP contribution in [0.25, 0.3) is 10.8 Å². The number of carbonyl (C=O) groups excluding carboxylic acids is 3. The van der Waals surface area contributed by atoms with E-state index in [4.69, 9.17) is 4.18 Å². The number of hydrogen-bond acceptors (Lipinski definition) is 5. The van der Waals surface area contributed by atoms with Gasteiger partial charge in [0.25, 0.3) is 5.91 Å². The summed E-state index contributed by atoms with van der Waals surface area (Å²) in [5.74, 6) is -1.10. The molecule has 0 radical (unpaired) electrons. The highest BCUT2D eigenvalue weighted by Gasteiger charge is 2.22. The van der Waals surface area contributed by atoms with Gasteiger partial charge in [-0.15, -0.1) is 0 Å². The molecule has 0 aliphatic carbocycles. The van der Waals surface area contributed by atoms with Gasteiger partial charge in [0.05, 0.1) is 13.7 Å². The molecular weight excluding hydrogens is 438 g/mol. The molecule has 1 atom stereocenters. The molecule has 1 unspecified atom stereocenters. The van der Waals surface area contributed by atoms with Crippen molar-refractivity contribution in [2.24, 2.45) is 0 Å². The highest BCUT2D eigenvalue weighted by molar-refractivity contribution is 7.96. The Morgan fingerprint density at radius 3 is 2.39 bits per heavy atom. The van der Waals surface area contributed by atoms with E-state index >= 15 is 0 Å². The minimum Gasteiger partial charge on any atom is -0.349 e. The van der Waals surface area contributed by atoms with Crippen molar-refractivity contribution in [3.05, 3.63) is 83.9 Å². The van der Waals surface area contributed by atoms with Crippen LogP contribution >= 0.6 is 12.0 Å². The predicted molar refractivity (Wildman–Crippen MR) is 130 cm³/mol. The lowest BCUT2D eigenvalue weighted by molar-refractivity contribution is -0.128. The van der Waals surface area contributed by atoms with Crippen LogP contribution in [0.2, 0.25) is 0 Å². The van der Waals surface area contributed by atoms with E-state index in [9.17, 15) is 14.4 Å². The SMILES string of the molecule is COSC(NC(=O)CNC(=O)CCc1ccccc1)C(=O)NCc1cccc2ccccc12. The van der Waals surface area contributed by atoms with Gasteiger partial charge in [-0.25, -0.2) is 0 Å². The van der Waals surface area contributed by atoms with Crippen LogP contribution < -0.4 is 16.0 Å². The summed E-state index contributed by atoms with van der Waals surface area (Å²) in [6.45, 7) is 0.0953. The monoisotopic (exact) mass is 465 g/mol. The standard InChI is InChI=1S/C25H27N3O4S/c1-32-33-25(24(31)27-16-20-12-7-11-19-10-5-6-13-21(19)20)28-23(30)17-26-22(29)15-14-18-8-3-2-4-9-18/h2-13,25H,14-17H2,1H3,(H,26,29)(H,27,31)(H,28,30). The molecule has 172 valence electrons. The van der Waals surface area contributed by atoms with Gasteiger partial charge in [0, 0.05) is 25.0 Å². The van der Waals surface area contributed by atoms with Gasteiger partial charge in [-0.3, -0.25) is 14.4 Å². The van der Waals surface area contributed by atoms with Crippen molar-refractivity contribution < 1.29 is 18.6 Å². The number of benzene rings is 3. The van der Waals surface area contributed by atoms with Crippen LogP contribution in [0.4, 0.5) is 0 Å². The Morgan fingerprint density at radius 1 is 0.879 bits per heavy atom. The molecule has 8 heteroatoms. The van der Waals surface area contributed by atoms with E-state index in [0.29, 0.717) is 13.0 Å². The molecule has 3 amide bonds. The van der Waals surface area contributed by atoms with Crippen molar-refractivity contribution in [1.82, 2.24) is 16.0 Å². The molecule has 3 rings (SSSR count). The average Bonchev–Trinajstić information content (AvgIpc) is 2.85. The Morgan fingerprint density at radius 2 is 1.61 bits per heavy atom. The fourth-order valence-electron chi connectivity index (χ4n) is 3.32. The maximum Gasteiger partial charge on any atom is 0.255 e.